The van der Waals surface area contributed by atoms with E-state index in [0.29, 0.717) is 0 Å². The second-order valence-electron chi connectivity index (χ2n) is 2.49. The van der Waals surface area contributed by atoms with Crippen molar-refractivity contribution < 1.29 is 0 Å². The molecule has 6 heavy (non-hydrogen) atoms. The van der Waals surface area contributed by atoms with Gasteiger partial charge in [0.1, 0.15) is 0 Å². The Bertz CT molecular complexity index is 26.5. The van der Waals surface area contributed by atoms with Crippen LogP contribution in [0.4, 0.5) is 0 Å². The molecule has 0 aromatic carbocycles. The highest BCUT2D eigenvalue weighted by Gasteiger charge is 1.95. The zero-order chi connectivity index (χ0) is 5.15. The van der Waals surface area contributed by atoms with Crippen LogP contribution in [-0.4, -0.2) is 20.5 Å². The first kappa shape index (κ1) is 6.43. The lowest BCUT2D eigenvalue weighted by Gasteiger charge is -2.05. The lowest BCUT2D eigenvalue weighted by molar-refractivity contribution is 0.875. The van der Waals surface area contributed by atoms with Crippen molar-refractivity contribution in [1.29, 1.82) is 0 Å². The first-order chi connectivity index (χ1) is 2.64. The minimum absolute atomic E-state index is 1.05. The predicted molar refractivity (Wildman–Crippen MR) is 38.7 cm³/mol. The van der Waals surface area contributed by atoms with Crippen molar-refractivity contribution in [2.75, 3.05) is 0 Å². The number of hydrogen-bond acceptors (Lipinski definition) is 0. The van der Waals surface area contributed by atoms with E-state index in [9.17, 15) is 0 Å². The SMILES string of the molecule is CC([SiH3])C(C)[SiH3]. The summed E-state index contributed by atoms with van der Waals surface area (Å²) >= 11 is 0. The molecule has 2 unspecified atom stereocenters. The molecule has 0 aromatic heterocycles. The fraction of sp³-hybridized carbons (Fsp3) is 1.00. The summed E-state index contributed by atoms with van der Waals surface area (Å²) in [7, 11) is 2.78. The Morgan fingerprint density at radius 3 is 1.17 bits per heavy atom. The summed E-state index contributed by atoms with van der Waals surface area (Å²) in [5, 5.41) is 0. The molecule has 0 amide bonds. The van der Waals surface area contributed by atoms with E-state index in [2.05, 4.69) is 13.8 Å². The van der Waals surface area contributed by atoms with Crippen LogP contribution in [0.5, 0.6) is 0 Å². The van der Waals surface area contributed by atoms with Gasteiger partial charge in [-0.25, -0.2) is 0 Å². The van der Waals surface area contributed by atoms with E-state index < -0.39 is 0 Å². The summed E-state index contributed by atoms with van der Waals surface area (Å²) in [5.41, 5.74) is 2.10. The monoisotopic (exact) mass is 118 g/mol. The van der Waals surface area contributed by atoms with E-state index in [0.717, 1.165) is 11.1 Å². The molecule has 0 heterocycles. The zero-order valence-corrected chi connectivity index (χ0v) is 9.15. The zero-order valence-electron chi connectivity index (χ0n) is 5.15. The number of rotatable bonds is 1. The largest absolute Gasteiger partial charge is 0.0658 e. The highest BCUT2D eigenvalue weighted by molar-refractivity contribution is 6.20. The minimum Gasteiger partial charge on any atom is -0.0658 e. The Morgan fingerprint density at radius 2 is 1.17 bits per heavy atom. The van der Waals surface area contributed by atoms with Crippen molar-refractivity contribution in [2.24, 2.45) is 0 Å². The molecule has 0 nitrogen and oxygen atoms in total. The van der Waals surface area contributed by atoms with Gasteiger partial charge in [-0.05, 0) is 0 Å². The number of hydrogen-bond donors (Lipinski definition) is 0. The molecule has 0 aliphatic carbocycles. The Balaban J connectivity index is 2.99. The normalized spacial score (nSPS) is 21.0. The molecule has 0 bridgehead atoms. The molecule has 0 radical (unpaired) electrons. The summed E-state index contributed by atoms with van der Waals surface area (Å²) in [6, 6.07) is 0. The summed E-state index contributed by atoms with van der Waals surface area (Å²) in [6.07, 6.45) is 0. The van der Waals surface area contributed by atoms with Crippen LogP contribution in [0.2, 0.25) is 11.1 Å². The topological polar surface area (TPSA) is 0 Å². The maximum Gasteiger partial charge on any atom is 0.00631 e. The Hall–Kier alpha value is 0.434. The molecule has 0 fully saturated rings. The fourth-order valence-electron chi connectivity index (χ4n) is 0. The van der Waals surface area contributed by atoms with Crippen molar-refractivity contribution >= 4 is 20.5 Å². The third-order valence-electron chi connectivity index (χ3n) is 1.33. The van der Waals surface area contributed by atoms with E-state index in [1.54, 1.807) is 0 Å². The summed E-state index contributed by atoms with van der Waals surface area (Å²) in [6.45, 7) is 4.67. The Labute approximate surface area is 46.2 Å². The average molecular weight is 118 g/mol. The molecular formula is C4H14Si2. The van der Waals surface area contributed by atoms with Gasteiger partial charge in [0.25, 0.3) is 0 Å². The highest BCUT2D eigenvalue weighted by atomic mass is 28.2. The molecule has 2 atom stereocenters. The van der Waals surface area contributed by atoms with Gasteiger partial charge in [0.15, 0.2) is 0 Å². The quantitative estimate of drug-likeness (QED) is 0.401. The van der Waals surface area contributed by atoms with Gasteiger partial charge in [-0.2, -0.15) is 0 Å². The molecule has 0 aromatic rings. The molecule has 38 valence electrons. The van der Waals surface area contributed by atoms with Gasteiger partial charge in [-0.1, -0.05) is 24.9 Å². The van der Waals surface area contributed by atoms with Gasteiger partial charge in [-0.3, -0.25) is 0 Å². The van der Waals surface area contributed by atoms with E-state index in [4.69, 9.17) is 0 Å². The second kappa shape index (κ2) is 2.58. The third-order valence-corrected chi connectivity index (χ3v) is 5.33. The van der Waals surface area contributed by atoms with Crippen LogP contribution in [0.15, 0.2) is 0 Å². The fourth-order valence-corrected chi connectivity index (χ4v) is 0. The first-order valence-electron chi connectivity index (χ1n) is 2.64. The van der Waals surface area contributed by atoms with E-state index in [1.807, 2.05) is 0 Å². The van der Waals surface area contributed by atoms with Crippen LogP contribution < -0.4 is 0 Å². The van der Waals surface area contributed by atoms with Crippen LogP contribution >= 0.6 is 0 Å². The summed E-state index contributed by atoms with van der Waals surface area (Å²) in [4.78, 5) is 0. The Morgan fingerprint density at radius 1 is 1.00 bits per heavy atom. The standard InChI is InChI=1S/C4H14Si2/c1-3(5)4(2)6/h3-4H,1-2,5-6H3. The highest BCUT2D eigenvalue weighted by Crippen LogP contribution is 2.12. The second-order valence-corrected chi connectivity index (χ2v) is 6.13. The smallest absolute Gasteiger partial charge is 0.00631 e. The van der Waals surface area contributed by atoms with Crippen LogP contribution in [-0.2, 0) is 0 Å². The van der Waals surface area contributed by atoms with Gasteiger partial charge in [0, 0.05) is 20.5 Å². The molecule has 0 saturated carbocycles. The third kappa shape index (κ3) is 2.66. The predicted octanol–water partition coefficient (Wildman–Crippen LogP) is -0.666. The molecule has 0 spiro atoms. The van der Waals surface area contributed by atoms with Gasteiger partial charge in [-0.15, -0.1) is 0 Å². The van der Waals surface area contributed by atoms with Gasteiger partial charge in [0.2, 0.25) is 0 Å². The van der Waals surface area contributed by atoms with Crippen molar-refractivity contribution in [3.8, 4) is 0 Å². The molecule has 2 heteroatoms. The van der Waals surface area contributed by atoms with Gasteiger partial charge < -0.3 is 0 Å². The van der Waals surface area contributed by atoms with Crippen LogP contribution in [0.3, 0.4) is 0 Å². The maximum atomic E-state index is 2.34. The average Bonchev–Trinajstić information content (AvgIpc) is 1.36. The van der Waals surface area contributed by atoms with E-state index in [-0.39, 0.29) is 0 Å². The van der Waals surface area contributed by atoms with Crippen molar-refractivity contribution in [3.63, 3.8) is 0 Å². The lowest BCUT2D eigenvalue weighted by atomic mass is 10.4. The van der Waals surface area contributed by atoms with Crippen LogP contribution in [0.25, 0.3) is 0 Å². The van der Waals surface area contributed by atoms with Gasteiger partial charge in [0.05, 0.1) is 0 Å². The van der Waals surface area contributed by atoms with E-state index in [1.165, 1.54) is 20.5 Å². The minimum atomic E-state index is 1.05. The molecule has 0 aliphatic rings. The van der Waals surface area contributed by atoms with E-state index >= 15 is 0 Å². The Kier molecular flexibility index (Phi) is 2.77. The van der Waals surface area contributed by atoms with Crippen molar-refractivity contribution in [2.45, 2.75) is 24.9 Å². The first-order valence-corrected chi connectivity index (χ1v) is 4.95. The van der Waals surface area contributed by atoms with Crippen molar-refractivity contribution in [3.05, 3.63) is 0 Å². The van der Waals surface area contributed by atoms with Crippen LogP contribution in [0, 0.1) is 0 Å². The molecule has 0 N–H and O–H groups in total. The lowest BCUT2D eigenvalue weighted by Crippen LogP contribution is -1.92. The summed E-state index contributed by atoms with van der Waals surface area (Å²) < 4.78 is 0. The van der Waals surface area contributed by atoms with Crippen molar-refractivity contribution in [1.82, 2.24) is 0 Å². The molecule has 0 rings (SSSR count). The molecule has 0 saturated heterocycles. The summed E-state index contributed by atoms with van der Waals surface area (Å²) in [5.74, 6) is 0. The van der Waals surface area contributed by atoms with Gasteiger partial charge >= 0.3 is 0 Å². The molecule has 0 aliphatic heterocycles. The molecular weight excluding hydrogens is 104 g/mol. The van der Waals surface area contributed by atoms with Crippen LogP contribution in [0.1, 0.15) is 13.8 Å². The maximum absolute atomic E-state index is 2.34.